The molecule has 1 aliphatic rings. The summed E-state index contributed by atoms with van der Waals surface area (Å²) in [6.07, 6.45) is -0.268. The largest absolute Gasteiger partial charge is 0.456 e. The maximum atomic E-state index is 6.15. The topological polar surface area (TPSA) is 42.5 Å². The molecule has 202 valence electrons. The SMILES string of the molecule is c1ccc2cc3c(cc2c1)c1ccccc1n3C1=NC(c2ccc3oc4ccccc4c3c2)Nc2c1sc1ccccc21. The van der Waals surface area contributed by atoms with Gasteiger partial charge in [0.1, 0.15) is 17.3 Å². The molecule has 9 aromatic rings. The molecule has 6 aromatic carbocycles. The number of hydrogen-bond acceptors (Lipinski definition) is 4. The Hall–Kier alpha value is -5.39. The summed E-state index contributed by atoms with van der Waals surface area (Å²) >= 11 is 1.80. The Morgan fingerprint density at radius 2 is 1.33 bits per heavy atom. The van der Waals surface area contributed by atoms with E-state index in [0.717, 1.165) is 49.4 Å². The summed E-state index contributed by atoms with van der Waals surface area (Å²) in [4.78, 5) is 6.69. The summed E-state index contributed by atoms with van der Waals surface area (Å²) in [6, 6.07) is 45.3. The van der Waals surface area contributed by atoms with E-state index in [4.69, 9.17) is 9.41 Å². The Labute approximate surface area is 250 Å². The van der Waals surface area contributed by atoms with E-state index < -0.39 is 0 Å². The Balaban J connectivity index is 1.28. The van der Waals surface area contributed by atoms with Gasteiger partial charge in [-0.2, -0.15) is 0 Å². The van der Waals surface area contributed by atoms with Crippen molar-refractivity contribution in [2.45, 2.75) is 6.17 Å². The minimum Gasteiger partial charge on any atom is -0.456 e. The van der Waals surface area contributed by atoms with Crippen molar-refractivity contribution in [1.82, 2.24) is 4.57 Å². The third-order valence-electron chi connectivity index (χ3n) is 8.80. The second kappa shape index (κ2) is 8.57. The minimum absolute atomic E-state index is 0.268. The molecule has 0 aliphatic carbocycles. The zero-order valence-electron chi connectivity index (χ0n) is 22.9. The van der Waals surface area contributed by atoms with E-state index in [1.165, 1.54) is 37.1 Å². The molecule has 10 rings (SSSR count). The first-order valence-electron chi connectivity index (χ1n) is 14.5. The van der Waals surface area contributed by atoms with Crippen LogP contribution in [-0.4, -0.2) is 10.4 Å². The molecule has 0 bridgehead atoms. The molecule has 4 nitrogen and oxygen atoms in total. The lowest BCUT2D eigenvalue weighted by Gasteiger charge is -2.25. The molecule has 0 amide bonds. The molecule has 1 N–H and O–H groups in total. The summed E-state index contributed by atoms with van der Waals surface area (Å²) < 4.78 is 9.78. The quantitative estimate of drug-likeness (QED) is 0.214. The number of hydrogen-bond donors (Lipinski definition) is 1. The van der Waals surface area contributed by atoms with Crippen LogP contribution in [0.25, 0.3) is 64.6 Å². The first-order valence-corrected chi connectivity index (χ1v) is 15.3. The lowest BCUT2D eigenvalue weighted by molar-refractivity contribution is 0.668. The first kappa shape index (κ1) is 23.2. The Morgan fingerprint density at radius 3 is 2.23 bits per heavy atom. The monoisotopic (exact) mass is 569 g/mol. The van der Waals surface area contributed by atoms with E-state index in [9.17, 15) is 0 Å². The molecule has 0 radical (unpaired) electrons. The fraction of sp³-hybridized carbons (Fsp3) is 0.0263. The molecule has 1 unspecified atom stereocenters. The standard InChI is InChI=1S/C38H23N3OS/c1-2-10-23-21-31-28(19-22(23)9-1)25-11-3-6-14-30(25)41(31)38-36-35(27-13-5-8-16-34(27)43-36)39-37(40-38)24-17-18-33-29(20-24)26-12-4-7-15-32(26)42-33/h1-21,37,39H. The van der Waals surface area contributed by atoms with Gasteiger partial charge < -0.3 is 9.73 Å². The number of aliphatic imine (C=N–C) groups is 1. The van der Waals surface area contributed by atoms with Crippen LogP contribution in [0, 0.1) is 0 Å². The summed E-state index contributed by atoms with van der Waals surface area (Å²) in [5, 5.41) is 12.2. The highest BCUT2D eigenvalue weighted by Crippen LogP contribution is 2.44. The first-order chi connectivity index (χ1) is 21.3. The summed E-state index contributed by atoms with van der Waals surface area (Å²) in [5.74, 6) is 0.971. The van der Waals surface area contributed by atoms with Crippen LogP contribution in [0.2, 0.25) is 0 Å². The van der Waals surface area contributed by atoms with E-state index >= 15 is 0 Å². The Kier molecular flexibility index (Phi) is 4.62. The van der Waals surface area contributed by atoms with Gasteiger partial charge in [-0.3, -0.25) is 4.57 Å². The molecule has 1 atom stereocenters. The third kappa shape index (κ3) is 3.28. The normalized spacial score (nSPS) is 15.1. The van der Waals surface area contributed by atoms with Crippen LogP contribution < -0.4 is 5.32 Å². The van der Waals surface area contributed by atoms with Crippen LogP contribution >= 0.6 is 11.3 Å². The number of anilines is 1. The number of aromatic nitrogens is 1. The van der Waals surface area contributed by atoms with Crippen molar-refractivity contribution in [3.8, 4) is 0 Å². The van der Waals surface area contributed by atoms with Crippen LogP contribution in [0.1, 0.15) is 16.6 Å². The number of nitrogens with one attached hydrogen (secondary N) is 1. The summed E-state index contributed by atoms with van der Waals surface area (Å²) in [6.45, 7) is 0. The van der Waals surface area contributed by atoms with E-state index in [0.29, 0.717) is 0 Å². The van der Waals surface area contributed by atoms with E-state index in [2.05, 4.69) is 125 Å². The zero-order chi connectivity index (χ0) is 28.1. The molecule has 3 aromatic heterocycles. The van der Waals surface area contributed by atoms with Gasteiger partial charge in [0, 0.05) is 31.6 Å². The molecule has 5 heteroatoms. The molecule has 0 fully saturated rings. The van der Waals surface area contributed by atoms with Gasteiger partial charge in [-0.1, -0.05) is 84.9 Å². The van der Waals surface area contributed by atoms with Gasteiger partial charge in [-0.25, -0.2) is 4.99 Å². The van der Waals surface area contributed by atoms with Crippen molar-refractivity contribution in [2.24, 2.45) is 4.99 Å². The van der Waals surface area contributed by atoms with Crippen molar-refractivity contribution in [3.05, 3.63) is 138 Å². The van der Waals surface area contributed by atoms with Crippen molar-refractivity contribution < 1.29 is 4.42 Å². The number of rotatable bonds is 1. The average Bonchev–Trinajstić information content (AvgIpc) is 3.72. The lowest BCUT2D eigenvalue weighted by atomic mass is 10.1. The van der Waals surface area contributed by atoms with Gasteiger partial charge in [0.25, 0.3) is 0 Å². The predicted octanol–water partition coefficient (Wildman–Crippen LogP) is 10.5. The van der Waals surface area contributed by atoms with E-state index in [1.54, 1.807) is 11.3 Å². The molecular weight excluding hydrogens is 547 g/mol. The van der Waals surface area contributed by atoms with Gasteiger partial charge in [-0.05, 0) is 58.8 Å². The lowest BCUT2D eigenvalue weighted by Crippen LogP contribution is -2.23. The van der Waals surface area contributed by atoms with Gasteiger partial charge in [-0.15, -0.1) is 11.3 Å². The highest BCUT2D eigenvalue weighted by Gasteiger charge is 2.29. The van der Waals surface area contributed by atoms with Crippen LogP contribution in [0.15, 0.2) is 137 Å². The number of thiophene rings is 1. The highest BCUT2D eigenvalue weighted by molar-refractivity contribution is 7.21. The maximum Gasteiger partial charge on any atom is 0.154 e. The molecule has 1 aliphatic heterocycles. The zero-order valence-corrected chi connectivity index (χ0v) is 23.7. The predicted molar refractivity (Wildman–Crippen MR) is 181 cm³/mol. The van der Waals surface area contributed by atoms with E-state index in [-0.39, 0.29) is 6.17 Å². The highest BCUT2D eigenvalue weighted by atomic mass is 32.1. The van der Waals surface area contributed by atoms with Crippen molar-refractivity contribution in [3.63, 3.8) is 0 Å². The Morgan fingerprint density at radius 1 is 0.605 bits per heavy atom. The Bertz CT molecular complexity index is 2620. The second-order valence-electron chi connectivity index (χ2n) is 11.2. The fourth-order valence-electron chi connectivity index (χ4n) is 6.81. The fourth-order valence-corrected chi connectivity index (χ4v) is 7.96. The molecular formula is C38H23N3OS. The van der Waals surface area contributed by atoms with Crippen molar-refractivity contribution in [2.75, 3.05) is 5.32 Å². The molecule has 43 heavy (non-hydrogen) atoms. The van der Waals surface area contributed by atoms with Gasteiger partial charge >= 0.3 is 0 Å². The molecule has 4 heterocycles. The smallest absolute Gasteiger partial charge is 0.154 e. The minimum atomic E-state index is -0.268. The number of furan rings is 1. The van der Waals surface area contributed by atoms with Gasteiger partial charge in [0.15, 0.2) is 5.84 Å². The molecule has 0 spiro atoms. The molecule has 0 saturated carbocycles. The summed E-state index contributed by atoms with van der Waals surface area (Å²) in [5.41, 5.74) is 6.36. The molecule has 0 saturated heterocycles. The van der Waals surface area contributed by atoms with Crippen molar-refractivity contribution >= 4 is 87.5 Å². The average molecular weight is 570 g/mol. The van der Waals surface area contributed by atoms with Crippen LogP contribution in [0.5, 0.6) is 0 Å². The van der Waals surface area contributed by atoms with Gasteiger partial charge in [0.2, 0.25) is 0 Å². The van der Waals surface area contributed by atoms with Crippen molar-refractivity contribution in [1.29, 1.82) is 0 Å². The third-order valence-corrected chi connectivity index (χ3v) is 9.97. The van der Waals surface area contributed by atoms with Crippen LogP contribution in [0.3, 0.4) is 0 Å². The number of nitrogens with zero attached hydrogens (tertiary/aromatic N) is 2. The van der Waals surface area contributed by atoms with E-state index in [1.807, 2.05) is 12.1 Å². The maximum absolute atomic E-state index is 6.15. The van der Waals surface area contributed by atoms with Crippen LogP contribution in [-0.2, 0) is 0 Å². The van der Waals surface area contributed by atoms with Crippen LogP contribution in [0.4, 0.5) is 5.69 Å². The number of benzene rings is 6. The number of para-hydroxylation sites is 2. The van der Waals surface area contributed by atoms with Gasteiger partial charge in [0.05, 0.1) is 21.6 Å². The number of fused-ring (bicyclic) bond motifs is 10. The second-order valence-corrected chi connectivity index (χ2v) is 12.3. The summed E-state index contributed by atoms with van der Waals surface area (Å²) in [7, 11) is 0.